The molecule has 0 spiro atoms. The van der Waals surface area contributed by atoms with Crippen LogP contribution < -0.4 is 16.4 Å². The fourth-order valence-electron chi connectivity index (χ4n) is 1.44. The van der Waals surface area contributed by atoms with Crippen LogP contribution in [0.3, 0.4) is 0 Å². The first-order valence-corrected chi connectivity index (χ1v) is 6.00. The van der Waals surface area contributed by atoms with Gasteiger partial charge in [-0.05, 0) is 37.1 Å². The van der Waals surface area contributed by atoms with Gasteiger partial charge in [-0.1, -0.05) is 11.6 Å². The van der Waals surface area contributed by atoms with Gasteiger partial charge in [0.25, 0.3) is 0 Å². The van der Waals surface area contributed by atoms with E-state index in [1.54, 1.807) is 24.3 Å². The lowest BCUT2D eigenvalue weighted by molar-refractivity contribution is -0.125. The number of rotatable bonds is 4. The minimum Gasteiger partial charge on any atom is -0.345 e. The summed E-state index contributed by atoms with van der Waals surface area (Å²) in [4.78, 5) is 23.0. The van der Waals surface area contributed by atoms with Crippen LogP contribution in [-0.2, 0) is 9.59 Å². The van der Waals surface area contributed by atoms with E-state index in [0.717, 1.165) is 0 Å². The molecule has 0 radical (unpaired) electrons. The van der Waals surface area contributed by atoms with E-state index in [4.69, 9.17) is 17.3 Å². The minimum atomic E-state index is -0.749. The Labute approximate surface area is 110 Å². The van der Waals surface area contributed by atoms with Crippen molar-refractivity contribution in [1.29, 1.82) is 0 Å². The monoisotopic (exact) mass is 267 g/mol. The smallest absolute Gasteiger partial charge is 0.243 e. The van der Waals surface area contributed by atoms with E-state index in [9.17, 15) is 9.59 Å². The lowest BCUT2D eigenvalue weighted by Crippen LogP contribution is -2.45. The van der Waals surface area contributed by atoms with Crippen LogP contribution in [0.4, 0.5) is 5.69 Å². The van der Waals surface area contributed by atoms with Crippen LogP contribution in [0, 0.1) is 0 Å². The summed E-state index contributed by atoms with van der Waals surface area (Å²) in [5.74, 6) is -0.566. The fraction of sp³-hybridized carbons (Fsp3) is 0.333. The summed E-state index contributed by atoms with van der Waals surface area (Å²) in [5, 5.41) is 5.76. The maximum absolute atomic E-state index is 11.5. The first-order valence-electron chi connectivity index (χ1n) is 5.62. The van der Waals surface area contributed by atoms with Gasteiger partial charge in [0.2, 0.25) is 11.8 Å². The average Bonchev–Trinajstić information content (AvgIpc) is 3.09. The van der Waals surface area contributed by atoms with Gasteiger partial charge in [0.05, 0.1) is 12.1 Å². The van der Waals surface area contributed by atoms with Crippen LogP contribution in [0.15, 0.2) is 24.3 Å². The van der Waals surface area contributed by atoms with Crippen molar-refractivity contribution in [3.8, 4) is 0 Å². The Morgan fingerprint density at radius 1 is 1.28 bits per heavy atom. The van der Waals surface area contributed by atoms with E-state index in [1.165, 1.54) is 0 Å². The van der Waals surface area contributed by atoms with Crippen LogP contribution in [0.1, 0.15) is 12.8 Å². The third-order valence-corrected chi connectivity index (χ3v) is 3.03. The Balaban J connectivity index is 1.78. The molecule has 0 atom stereocenters. The van der Waals surface area contributed by atoms with Crippen LogP contribution in [0.25, 0.3) is 0 Å². The van der Waals surface area contributed by atoms with Crippen molar-refractivity contribution in [3.05, 3.63) is 29.3 Å². The molecule has 1 aromatic carbocycles. The standard InChI is InChI=1S/C12H14ClN3O2/c13-8-1-3-9(4-2-8)16-10(17)7-15-11(18)12(14)5-6-12/h1-4H,5-7,14H2,(H,15,18)(H,16,17). The number of benzene rings is 1. The van der Waals surface area contributed by atoms with E-state index in [2.05, 4.69) is 10.6 Å². The molecular weight excluding hydrogens is 254 g/mol. The second-order valence-electron chi connectivity index (χ2n) is 4.39. The second kappa shape index (κ2) is 4.96. The van der Waals surface area contributed by atoms with Crippen molar-refractivity contribution in [2.75, 3.05) is 11.9 Å². The molecule has 0 aliphatic heterocycles. The predicted octanol–water partition coefficient (Wildman–Crippen LogP) is 0.886. The molecule has 4 N–H and O–H groups in total. The summed E-state index contributed by atoms with van der Waals surface area (Å²) in [6, 6.07) is 6.73. The summed E-state index contributed by atoms with van der Waals surface area (Å²) in [7, 11) is 0. The van der Waals surface area contributed by atoms with E-state index >= 15 is 0 Å². The molecule has 1 saturated carbocycles. The Hall–Kier alpha value is -1.59. The molecule has 2 amide bonds. The second-order valence-corrected chi connectivity index (χ2v) is 4.83. The Bertz CT molecular complexity index is 469. The van der Waals surface area contributed by atoms with Crippen LogP contribution in [0.5, 0.6) is 0 Å². The topological polar surface area (TPSA) is 84.2 Å². The van der Waals surface area contributed by atoms with Gasteiger partial charge >= 0.3 is 0 Å². The number of nitrogens with two attached hydrogens (primary N) is 1. The fourth-order valence-corrected chi connectivity index (χ4v) is 1.56. The lowest BCUT2D eigenvalue weighted by atomic mass is 10.3. The summed E-state index contributed by atoms with van der Waals surface area (Å²) in [6.45, 7) is -0.0829. The van der Waals surface area contributed by atoms with E-state index in [1.807, 2.05) is 0 Å². The predicted molar refractivity (Wildman–Crippen MR) is 69.2 cm³/mol. The first kappa shape index (κ1) is 12.9. The highest BCUT2D eigenvalue weighted by Gasteiger charge is 2.45. The number of nitrogens with one attached hydrogen (secondary N) is 2. The average molecular weight is 268 g/mol. The quantitative estimate of drug-likeness (QED) is 0.757. The molecule has 0 heterocycles. The molecule has 96 valence electrons. The van der Waals surface area contributed by atoms with Crippen molar-refractivity contribution in [1.82, 2.24) is 5.32 Å². The van der Waals surface area contributed by atoms with Gasteiger partial charge in [0.15, 0.2) is 0 Å². The SMILES string of the molecule is NC1(C(=O)NCC(=O)Nc2ccc(Cl)cc2)CC1. The molecule has 1 aliphatic carbocycles. The summed E-state index contributed by atoms with van der Waals surface area (Å²) in [6.07, 6.45) is 1.36. The third-order valence-electron chi connectivity index (χ3n) is 2.78. The highest BCUT2D eigenvalue weighted by molar-refractivity contribution is 6.30. The molecule has 0 saturated heterocycles. The van der Waals surface area contributed by atoms with Crippen molar-refractivity contribution in [2.24, 2.45) is 5.73 Å². The molecule has 18 heavy (non-hydrogen) atoms. The molecule has 5 nitrogen and oxygen atoms in total. The van der Waals surface area contributed by atoms with Crippen LogP contribution >= 0.6 is 11.6 Å². The number of hydrogen-bond acceptors (Lipinski definition) is 3. The van der Waals surface area contributed by atoms with Crippen LogP contribution in [-0.4, -0.2) is 23.9 Å². The van der Waals surface area contributed by atoms with Crippen molar-refractivity contribution < 1.29 is 9.59 Å². The van der Waals surface area contributed by atoms with Crippen molar-refractivity contribution >= 4 is 29.1 Å². The molecule has 0 bridgehead atoms. The van der Waals surface area contributed by atoms with E-state index in [-0.39, 0.29) is 18.4 Å². The highest BCUT2D eigenvalue weighted by atomic mass is 35.5. The van der Waals surface area contributed by atoms with Gasteiger partial charge in [0.1, 0.15) is 0 Å². The summed E-state index contributed by atoms with van der Waals surface area (Å²) < 4.78 is 0. The molecule has 2 rings (SSSR count). The zero-order valence-corrected chi connectivity index (χ0v) is 10.5. The van der Waals surface area contributed by atoms with Crippen molar-refractivity contribution in [3.63, 3.8) is 0 Å². The Kier molecular flexibility index (Phi) is 3.54. The number of anilines is 1. The van der Waals surface area contributed by atoms with Gasteiger partial charge in [-0.2, -0.15) is 0 Å². The molecular formula is C12H14ClN3O2. The Morgan fingerprint density at radius 2 is 1.89 bits per heavy atom. The maximum atomic E-state index is 11.5. The highest BCUT2D eigenvalue weighted by Crippen LogP contribution is 2.31. The largest absolute Gasteiger partial charge is 0.345 e. The molecule has 0 aromatic heterocycles. The summed E-state index contributed by atoms with van der Waals surface area (Å²) in [5.41, 5.74) is 5.57. The zero-order valence-electron chi connectivity index (χ0n) is 9.70. The zero-order chi connectivity index (χ0) is 13.2. The van der Waals surface area contributed by atoms with Crippen LogP contribution in [0.2, 0.25) is 5.02 Å². The van der Waals surface area contributed by atoms with Gasteiger partial charge in [-0.25, -0.2) is 0 Å². The molecule has 1 fully saturated rings. The molecule has 1 aromatic rings. The maximum Gasteiger partial charge on any atom is 0.243 e. The number of hydrogen-bond donors (Lipinski definition) is 3. The van der Waals surface area contributed by atoms with E-state index in [0.29, 0.717) is 23.6 Å². The molecule has 0 unspecified atom stereocenters. The van der Waals surface area contributed by atoms with Gasteiger partial charge in [0, 0.05) is 10.7 Å². The molecule has 1 aliphatic rings. The summed E-state index contributed by atoms with van der Waals surface area (Å²) >= 11 is 5.72. The first-order chi connectivity index (χ1) is 8.49. The number of halogens is 1. The van der Waals surface area contributed by atoms with Crippen molar-refractivity contribution in [2.45, 2.75) is 18.4 Å². The van der Waals surface area contributed by atoms with Gasteiger partial charge in [-0.15, -0.1) is 0 Å². The Morgan fingerprint density at radius 3 is 2.44 bits per heavy atom. The van der Waals surface area contributed by atoms with Gasteiger partial charge in [-0.3, -0.25) is 9.59 Å². The minimum absolute atomic E-state index is 0.0829. The number of carbonyl (C=O) groups excluding carboxylic acids is 2. The normalized spacial score (nSPS) is 15.9. The van der Waals surface area contributed by atoms with Gasteiger partial charge < -0.3 is 16.4 Å². The molecule has 6 heteroatoms. The number of carbonyl (C=O) groups is 2. The number of amides is 2. The lowest BCUT2D eigenvalue weighted by Gasteiger charge is -2.10. The third kappa shape index (κ3) is 3.21. The van der Waals surface area contributed by atoms with E-state index < -0.39 is 5.54 Å².